The second-order valence-electron chi connectivity index (χ2n) is 5.71. The average Bonchev–Trinajstić information content (AvgIpc) is 2.67. The molecule has 0 atom stereocenters. The first kappa shape index (κ1) is 19.4. The predicted molar refractivity (Wildman–Crippen MR) is 99.9 cm³/mol. The molecule has 1 N–H and O–H groups in total. The summed E-state index contributed by atoms with van der Waals surface area (Å²) in [6.07, 6.45) is 0.686. The highest BCUT2D eigenvalue weighted by atomic mass is 16.5. The van der Waals surface area contributed by atoms with Crippen LogP contribution in [0.5, 0.6) is 23.0 Å². The summed E-state index contributed by atoms with van der Waals surface area (Å²) in [7, 11) is 6.32. The fraction of sp³-hybridized carbons (Fsp3) is 0.350. The molecule has 0 spiro atoms. The third kappa shape index (κ3) is 4.39. The Balaban J connectivity index is 2.02. The van der Waals surface area contributed by atoms with Crippen molar-refractivity contribution in [3.8, 4) is 23.0 Å². The number of methoxy groups -OCH3 is 4. The number of rotatable bonds is 8. The highest BCUT2D eigenvalue weighted by molar-refractivity contribution is 5.94. The van der Waals surface area contributed by atoms with Gasteiger partial charge in [0, 0.05) is 12.1 Å². The normalized spacial score (nSPS) is 10.2. The maximum absolute atomic E-state index is 12.4. The zero-order valence-electron chi connectivity index (χ0n) is 15.8. The molecule has 1 amide bonds. The minimum Gasteiger partial charge on any atom is -0.493 e. The van der Waals surface area contributed by atoms with Gasteiger partial charge >= 0.3 is 0 Å². The Labute approximate surface area is 154 Å². The molecule has 0 aliphatic heterocycles. The molecule has 2 aromatic carbocycles. The van der Waals surface area contributed by atoms with Gasteiger partial charge in [0.2, 0.25) is 0 Å². The second kappa shape index (κ2) is 8.99. The fourth-order valence-electron chi connectivity index (χ4n) is 2.68. The van der Waals surface area contributed by atoms with E-state index in [9.17, 15) is 4.79 Å². The quantitative estimate of drug-likeness (QED) is 0.785. The molecule has 0 unspecified atom stereocenters. The SMILES string of the molecule is COc1ccc(C(=O)NCCc2cc(OC)c(OC)cc2C)cc1OC. The number of hydrogen-bond donors (Lipinski definition) is 1. The van der Waals surface area contributed by atoms with Gasteiger partial charge in [-0.15, -0.1) is 0 Å². The topological polar surface area (TPSA) is 66.0 Å². The highest BCUT2D eigenvalue weighted by Crippen LogP contribution is 2.30. The van der Waals surface area contributed by atoms with Crippen LogP contribution < -0.4 is 24.3 Å². The van der Waals surface area contributed by atoms with Crippen molar-refractivity contribution < 1.29 is 23.7 Å². The molecule has 0 saturated carbocycles. The Kier molecular flexibility index (Phi) is 6.72. The van der Waals surface area contributed by atoms with Gasteiger partial charge in [-0.3, -0.25) is 4.79 Å². The number of benzene rings is 2. The lowest BCUT2D eigenvalue weighted by Crippen LogP contribution is -2.25. The maximum atomic E-state index is 12.4. The Hall–Kier alpha value is -2.89. The average molecular weight is 359 g/mol. The number of carbonyl (C=O) groups is 1. The van der Waals surface area contributed by atoms with E-state index >= 15 is 0 Å². The fourth-order valence-corrected chi connectivity index (χ4v) is 2.68. The molecule has 0 fully saturated rings. The summed E-state index contributed by atoms with van der Waals surface area (Å²) < 4.78 is 21.1. The van der Waals surface area contributed by atoms with E-state index in [4.69, 9.17) is 18.9 Å². The molecule has 26 heavy (non-hydrogen) atoms. The van der Waals surface area contributed by atoms with Gasteiger partial charge in [-0.2, -0.15) is 0 Å². The maximum Gasteiger partial charge on any atom is 0.251 e. The van der Waals surface area contributed by atoms with Gasteiger partial charge in [-0.1, -0.05) is 0 Å². The molecular formula is C20H25NO5. The van der Waals surface area contributed by atoms with Crippen molar-refractivity contribution in [2.45, 2.75) is 13.3 Å². The van der Waals surface area contributed by atoms with Crippen LogP contribution in [-0.4, -0.2) is 40.9 Å². The number of ether oxygens (including phenoxy) is 4. The van der Waals surface area contributed by atoms with Crippen molar-refractivity contribution in [1.82, 2.24) is 5.32 Å². The summed E-state index contributed by atoms with van der Waals surface area (Å²) in [5.74, 6) is 2.33. The van der Waals surface area contributed by atoms with E-state index in [1.54, 1.807) is 46.6 Å². The van der Waals surface area contributed by atoms with Crippen molar-refractivity contribution >= 4 is 5.91 Å². The minimum absolute atomic E-state index is 0.163. The summed E-state index contributed by atoms with van der Waals surface area (Å²) in [6, 6.07) is 8.96. The van der Waals surface area contributed by atoms with E-state index in [1.165, 1.54) is 0 Å². The molecule has 0 heterocycles. The van der Waals surface area contributed by atoms with E-state index in [0.29, 0.717) is 41.5 Å². The van der Waals surface area contributed by atoms with E-state index < -0.39 is 0 Å². The molecular weight excluding hydrogens is 334 g/mol. The van der Waals surface area contributed by atoms with Gasteiger partial charge in [0.25, 0.3) is 5.91 Å². The van der Waals surface area contributed by atoms with Gasteiger partial charge < -0.3 is 24.3 Å². The first-order valence-electron chi connectivity index (χ1n) is 8.25. The molecule has 0 radical (unpaired) electrons. The lowest BCUT2D eigenvalue weighted by Gasteiger charge is -2.13. The first-order chi connectivity index (χ1) is 12.5. The number of aryl methyl sites for hydroxylation is 1. The van der Waals surface area contributed by atoms with Crippen LogP contribution in [0, 0.1) is 6.92 Å². The van der Waals surface area contributed by atoms with E-state index in [2.05, 4.69) is 5.32 Å². The van der Waals surface area contributed by atoms with Crippen molar-refractivity contribution in [3.05, 3.63) is 47.0 Å². The van der Waals surface area contributed by atoms with Crippen molar-refractivity contribution in [1.29, 1.82) is 0 Å². The van der Waals surface area contributed by atoms with Crippen LogP contribution in [0.3, 0.4) is 0 Å². The van der Waals surface area contributed by atoms with Crippen molar-refractivity contribution in [2.75, 3.05) is 35.0 Å². The Bertz CT molecular complexity index is 773. The molecule has 0 saturated heterocycles. The molecule has 6 heteroatoms. The Morgan fingerprint density at radius 3 is 2.04 bits per heavy atom. The van der Waals surface area contributed by atoms with Crippen LogP contribution in [0.1, 0.15) is 21.5 Å². The van der Waals surface area contributed by atoms with Crippen LogP contribution in [0.4, 0.5) is 0 Å². The zero-order valence-corrected chi connectivity index (χ0v) is 15.8. The van der Waals surface area contributed by atoms with Crippen LogP contribution in [0.15, 0.2) is 30.3 Å². The number of carbonyl (C=O) groups excluding carboxylic acids is 1. The van der Waals surface area contributed by atoms with E-state index in [1.807, 2.05) is 19.1 Å². The molecule has 0 bridgehead atoms. The minimum atomic E-state index is -0.163. The molecule has 0 aromatic heterocycles. The van der Waals surface area contributed by atoms with Crippen molar-refractivity contribution in [3.63, 3.8) is 0 Å². The lowest BCUT2D eigenvalue weighted by molar-refractivity contribution is 0.0953. The summed E-state index contributed by atoms with van der Waals surface area (Å²) in [4.78, 5) is 12.4. The Morgan fingerprint density at radius 2 is 1.42 bits per heavy atom. The smallest absolute Gasteiger partial charge is 0.251 e. The molecule has 2 rings (SSSR count). The van der Waals surface area contributed by atoms with Crippen LogP contribution in [0.2, 0.25) is 0 Å². The molecule has 0 aliphatic rings. The zero-order chi connectivity index (χ0) is 19.1. The molecule has 2 aromatic rings. The van der Waals surface area contributed by atoms with Gasteiger partial charge in [-0.05, 0) is 54.8 Å². The van der Waals surface area contributed by atoms with E-state index in [0.717, 1.165) is 11.1 Å². The van der Waals surface area contributed by atoms with Crippen LogP contribution in [0.25, 0.3) is 0 Å². The monoisotopic (exact) mass is 359 g/mol. The number of nitrogens with one attached hydrogen (secondary N) is 1. The summed E-state index contributed by atoms with van der Waals surface area (Å²) in [5.41, 5.74) is 2.70. The van der Waals surface area contributed by atoms with Crippen LogP contribution >= 0.6 is 0 Å². The van der Waals surface area contributed by atoms with Gasteiger partial charge in [0.15, 0.2) is 23.0 Å². The third-order valence-corrected chi connectivity index (χ3v) is 4.17. The van der Waals surface area contributed by atoms with Gasteiger partial charge in [0.05, 0.1) is 28.4 Å². The number of hydrogen-bond acceptors (Lipinski definition) is 5. The summed E-state index contributed by atoms with van der Waals surface area (Å²) in [5, 5.41) is 2.92. The molecule has 140 valence electrons. The molecule has 0 aliphatic carbocycles. The standard InChI is InChI=1S/C20H25NO5/c1-13-10-17(24-3)19(26-5)11-14(13)8-9-21-20(22)15-6-7-16(23-2)18(12-15)25-4/h6-7,10-12H,8-9H2,1-5H3,(H,21,22). The second-order valence-corrected chi connectivity index (χ2v) is 5.71. The van der Waals surface area contributed by atoms with E-state index in [-0.39, 0.29) is 5.91 Å². The Morgan fingerprint density at radius 1 is 0.846 bits per heavy atom. The van der Waals surface area contributed by atoms with Crippen LogP contribution in [-0.2, 0) is 6.42 Å². The third-order valence-electron chi connectivity index (χ3n) is 4.17. The molecule has 6 nitrogen and oxygen atoms in total. The van der Waals surface area contributed by atoms with Gasteiger partial charge in [0.1, 0.15) is 0 Å². The largest absolute Gasteiger partial charge is 0.493 e. The summed E-state index contributed by atoms with van der Waals surface area (Å²) >= 11 is 0. The summed E-state index contributed by atoms with van der Waals surface area (Å²) in [6.45, 7) is 2.51. The van der Waals surface area contributed by atoms with Gasteiger partial charge in [-0.25, -0.2) is 0 Å². The number of amides is 1. The lowest BCUT2D eigenvalue weighted by atomic mass is 10.0. The predicted octanol–water partition coefficient (Wildman–Crippen LogP) is 3.00. The highest BCUT2D eigenvalue weighted by Gasteiger charge is 2.12. The van der Waals surface area contributed by atoms with Crippen molar-refractivity contribution in [2.24, 2.45) is 0 Å². The first-order valence-corrected chi connectivity index (χ1v) is 8.25.